The Hall–Kier alpha value is -2.01. The van der Waals surface area contributed by atoms with E-state index in [1.807, 2.05) is 29.2 Å². The van der Waals surface area contributed by atoms with Gasteiger partial charge in [0.25, 0.3) is 5.91 Å². The number of aliphatic hydroxyl groups is 1. The number of anilines is 1. The predicted octanol–water partition coefficient (Wildman–Crippen LogP) is 1.59. The van der Waals surface area contributed by atoms with Crippen molar-refractivity contribution in [3.05, 3.63) is 30.0 Å². The number of hydrogen-bond acceptors (Lipinski definition) is 3. The van der Waals surface area contributed by atoms with Gasteiger partial charge in [-0.25, -0.2) is 0 Å². The lowest BCUT2D eigenvalue weighted by atomic mass is 9.98. The maximum absolute atomic E-state index is 12.5. The molecule has 1 amide bonds. The van der Waals surface area contributed by atoms with E-state index in [0.717, 1.165) is 23.7 Å². The van der Waals surface area contributed by atoms with Crippen LogP contribution in [0.5, 0.6) is 0 Å². The van der Waals surface area contributed by atoms with Crippen LogP contribution in [0.2, 0.25) is 0 Å². The number of H-pyrrole nitrogens is 1. The minimum Gasteiger partial charge on any atom is -0.399 e. The maximum atomic E-state index is 12.5. The van der Waals surface area contributed by atoms with E-state index >= 15 is 0 Å². The van der Waals surface area contributed by atoms with Crippen molar-refractivity contribution in [1.29, 1.82) is 0 Å². The molecule has 0 atom stereocenters. The van der Waals surface area contributed by atoms with E-state index in [1.165, 1.54) is 0 Å². The number of nitrogens with one attached hydrogen (secondary N) is 1. The second-order valence-corrected chi connectivity index (χ2v) is 5.45. The SMILES string of the molecule is Nc1ccc2[nH]c(C(=O)N3CCC(CO)CC3)cc2c1. The summed E-state index contributed by atoms with van der Waals surface area (Å²) in [5.74, 6) is 0.359. The highest BCUT2D eigenvalue weighted by atomic mass is 16.3. The molecule has 0 radical (unpaired) electrons. The van der Waals surface area contributed by atoms with Gasteiger partial charge in [0.2, 0.25) is 0 Å². The molecule has 1 aromatic carbocycles. The molecule has 1 aliphatic rings. The number of aliphatic hydroxyl groups excluding tert-OH is 1. The van der Waals surface area contributed by atoms with Crippen LogP contribution in [0, 0.1) is 5.92 Å². The van der Waals surface area contributed by atoms with Crippen molar-refractivity contribution in [2.24, 2.45) is 5.92 Å². The van der Waals surface area contributed by atoms with Crippen LogP contribution in [-0.2, 0) is 0 Å². The molecule has 5 heteroatoms. The summed E-state index contributed by atoms with van der Waals surface area (Å²) in [4.78, 5) is 17.4. The molecule has 1 fully saturated rings. The Kier molecular flexibility index (Phi) is 3.36. The molecule has 0 bridgehead atoms. The van der Waals surface area contributed by atoms with Crippen LogP contribution < -0.4 is 5.73 Å². The normalized spacial score (nSPS) is 16.8. The zero-order valence-electron chi connectivity index (χ0n) is 11.3. The summed E-state index contributed by atoms with van der Waals surface area (Å²) in [5.41, 5.74) is 7.97. The second kappa shape index (κ2) is 5.17. The molecule has 0 aliphatic carbocycles. The maximum Gasteiger partial charge on any atom is 0.270 e. The first-order valence-corrected chi connectivity index (χ1v) is 6.96. The molecular weight excluding hydrogens is 254 g/mol. The molecule has 5 nitrogen and oxygen atoms in total. The topological polar surface area (TPSA) is 82.4 Å². The van der Waals surface area contributed by atoms with Crippen LogP contribution in [0.4, 0.5) is 5.69 Å². The van der Waals surface area contributed by atoms with Gasteiger partial charge in [-0.3, -0.25) is 4.79 Å². The Labute approximate surface area is 117 Å². The molecule has 0 spiro atoms. The number of nitrogens with zero attached hydrogens (tertiary/aromatic N) is 1. The number of nitrogen functional groups attached to an aromatic ring is 1. The fourth-order valence-electron chi connectivity index (χ4n) is 2.76. The molecule has 3 rings (SSSR count). The van der Waals surface area contributed by atoms with Crippen molar-refractivity contribution < 1.29 is 9.90 Å². The zero-order valence-corrected chi connectivity index (χ0v) is 11.3. The largest absolute Gasteiger partial charge is 0.399 e. The summed E-state index contributed by atoms with van der Waals surface area (Å²) < 4.78 is 0. The van der Waals surface area contributed by atoms with Gasteiger partial charge in [-0.1, -0.05) is 0 Å². The van der Waals surface area contributed by atoms with Crippen LogP contribution in [-0.4, -0.2) is 40.6 Å². The van der Waals surface area contributed by atoms with Crippen molar-refractivity contribution in [3.63, 3.8) is 0 Å². The summed E-state index contributed by atoms with van der Waals surface area (Å²) >= 11 is 0. The van der Waals surface area contributed by atoms with Crippen LogP contribution in [0.25, 0.3) is 10.9 Å². The third-order valence-electron chi connectivity index (χ3n) is 4.04. The fourth-order valence-corrected chi connectivity index (χ4v) is 2.76. The second-order valence-electron chi connectivity index (χ2n) is 5.45. The van der Waals surface area contributed by atoms with E-state index in [2.05, 4.69) is 4.98 Å². The first-order valence-electron chi connectivity index (χ1n) is 6.96. The summed E-state index contributed by atoms with van der Waals surface area (Å²) in [6.45, 7) is 1.64. The highest BCUT2D eigenvalue weighted by Crippen LogP contribution is 2.22. The lowest BCUT2D eigenvalue weighted by Crippen LogP contribution is -2.39. The minimum atomic E-state index is 0.0242. The first-order chi connectivity index (χ1) is 9.67. The number of benzene rings is 1. The standard InChI is InChI=1S/C15H19N3O2/c16-12-1-2-13-11(7-12)8-14(17-13)15(20)18-5-3-10(9-19)4-6-18/h1-2,7-8,10,17,19H,3-6,9,16H2. The highest BCUT2D eigenvalue weighted by molar-refractivity contribution is 5.98. The van der Waals surface area contributed by atoms with Gasteiger partial charge < -0.3 is 20.7 Å². The van der Waals surface area contributed by atoms with E-state index in [4.69, 9.17) is 10.8 Å². The number of piperidine rings is 1. The average molecular weight is 273 g/mol. The van der Waals surface area contributed by atoms with Gasteiger partial charge in [0, 0.05) is 36.3 Å². The van der Waals surface area contributed by atoms with Crippen molar-refractivity contribution >= 4 is 22.5 Å². The number of carbonyl (C=O) groups excluding carboxylic acids is 1. The summed E-state index contributed by atoms with van der Waals surface area (Å²) in [6.07, 6.45) is 1.74. The lowest BCUT2D eigenvalue weighted by molar-refractivity contribution is 0.0646. The van der Waals surface area contributed by atoms with Gasteiger partial charge in [-0.2, -0.15) is 0 Å². The van der Waals surface area contributed by atoms with Crippen LogP contribution >= 0.6 is 0 Å². The zero-order chi connectivity index (χ0) is 14.1. The summed E-state index contributed by atoms with van der Waals surface area (Å²) in [7, 11) is 0. The Morgan fingerprint density at radius 1 is 1.35 bits per heavy atom. The molecular formula is C15H19N3O2. The Morgan fingerprint density at radius 2 is 2.10 bits per heavy atom. The van der Waals surface area contributed by atoms with Crippen LogP contribution in [0.1, 0.15) is 23.3 Å². The van der Waals surface area contributed by atoms with Crippen LogP contribution in [0.3, 0.4) is 0 Å². The molecule has 1 saturated heterocycles. The van der Waals surface area contributed by atoms with Gasteiger partial charge in [0.05, 0.1) is 0 Å². The van der Waals surface area contributed by atoms with E-state index in [9.17, 15) is 4.79 Å². The third kappa shape index (κ3) is 2.36. The van der Waals surface area contributed by atoms with Crippen molar-refractivity contribution in [3.8, 4) is 0 Å². The number of nitrogens with two attached hydrogens (primary N) is 1. The van der Waals surface area contributed by atoms with Crippen molar-refractivity contribution in [2.45, 2.75) is 12.8 Å². The molecule has 106 valence electrons. The number of amides is 1. The lowest BCUT2D eigenvalue weighted by Gasteiger charge is -2.30. The van der Waals surface area contributed by atoms with E-state index < -0.39 is 0 Å². The van der Waals surface area contributed by atoms with Gasteiger partial charge in [0.15, 0.2) is 0 Å². The number of aromatic nitrogens is 1. The average Bonchev–Trinajstić information content (AvgIpc) is 2.89. The predicted molar refractivity (Wildman–Crippen MR) is 78.4 cm³/mol. The van der Waals surface area contributed by atoms with Gasteiger partial charge in [-0.05, 0) is 43.0 Å². The summed E-state index contributed by atoms with van der Waals surface area (Å²) in [5, 5.41) is 10.1. The van der Waals surface area contributed by atoms with E-state index in [1.54, 1.807) is 0 Å². The Balaban J connectivity index is 1.79. The van der Waals surface area contributed by atoms with E-state index in [0.29, 0.717) is 30.4 Å². The van der Waals surface area contributed by atoms with Gasteiger partial charge >= 0.3 is 0 Å². The third-order valence-corrected chi connectivity index (χ3v) is 4.04. The number of carbonyl (C=O) groups is 1. The van der Waals surface area contributed by atoms with Crippen molar-refractivity contribution in [1.82, 2.24) is 9.88 Å². The molecule has 1 aliphatic heterocycles. The quantitative estimate of drug-likeness (QED) is 0.727. The Bertz CT molecular complexity index is 627. The molecule has 0 unspecified atom stereocenters. The first kappa shape index (κ1) is 13.0. The smallest absolute Gasteiger partial charge is 0.270 e. The fraction of sp³-hybridized carbons (Fsp3) is 0.400. The molecule has 4 N–H and O–H groups in total. The number of hydrogen-bond donors (Lipinski definition) is 3. The van der Waals surface area contributed by atoms with Crippen LogP contribution in [0.15, 0.2) is 24.3 Å². The number of fused-ring (bicyclic) bond motifs is 1. The molecule has 0 saturated carbocycles. The number of aromatic amines is 1. The highest BCUT2D eigenvalue weighted by Gasteiger charge is 2.24. The van der Waals surface area contributed by atoms with Gasteiger partial charge in [-0.15, -0.1) is 0 Å². The number of rotatable bonds is 2. The van der Waals surface area contributed by atoms with E-state index in [-0.39, 0.29) is 12.5 Å². The number of likely N-dealkylation sites (tertiary alicyclic amines) is 1. The van der Waals surface area contributed by atoms with Crippen molar-refractivity contribution in [2.75, 3.05) is 25.4 Å². The Morgan fingerprint density at radius 3 is 2.80 bits per heavy atom. The van der Waals surface area contributed by atoms with Gasteiger partial charge in [0.1, 0.15) is 5.69 Å². The summed E-state index contributed by atoms with van der Waals surface area (Å²) in [6, 6.07) is 7.42. The minimum absolute atomic E-state index is 0.0242. The molecule has 1 aromatic heterocycles. The monoisotopic (exact) mass is 273 g/mol. The molecule has 2 aromatic rings. The molecule has 2 heterocycles. The molecule has 20 heavy (non-hydrogen) atoms.